The number of hydrogen-bond acceptors (Lipinski definition) is 9. The molecular formula is C20H24N6O5S. The topological polar surface area (TPSA) is 143 Å². The molecule has 12 heteroatoms. The minimum absolute atomic E-state index is 0.0292. The summed E-state index contributed by atoms with van der Waals surface area (Å²) in [5.74, 6) is -0.103. The lowest BCUT2D eigenvalue weighted by Crippen LogP contribution is -2.28. The van der Waals surface area contributed by atoms with Gasteiger partial charge < -0.3 is 19.8 Å². The minimum atomic E-state index is -3.75. The van der Waals surface area contributed by atoms with Gasteiger partial charge in [0.25, 0.3) is 0 Å². The summed E-state index contributed by atoms with van der Waals surface area (Å²) in [5.41, 5.74) is 7.06. The third-order valence-corrected chi connectivity index (χ3v) is 7.21. The number of fused-ring (bicyclic) bond motifs is 1. The van der Waals surface area contributed by atoms with Gasteiger partial charge in [0.05, 0.1) is 25.6 Å². The number of imidazole rings is 1. The lowest BCUT2D eigenvalue weighted by atomic mass is 10.2. The number of carbonyl (C=O) groups is 1. The predicted molar refractivity (Wildman–Crippen MR) is 116 cm³/mol. The van der Waals surface area contributed by atoms with Crippen LogP contribution in [-0.2, 0) is 21.3 Å². The van der Waals surface area contributed by atoms with E-state index in [1.165, 1.54) is 35.9 Å². The maximum Gasteiger partial charge on any atom is 0.338 e. The number of aromatic nitrogens is 4. The maximum absolute atomic E-state index is 13.0. The molecule has 1 aliphatic rings. The lowest BCUT2D eigenvalue weighted by Gasteiger charge is -2.18. The smallest absolute Gasteiger partial charge is 0.338 e. The first kappa shape index (κ1) is 22.0. The summed E-state index contributed by atoms with van der Waals surface area (Å²) in [6, 6.07) is 4.28. The quantitative estimate of drug-likeness (QED) is 0.390. The molecule has 1 aliphatic heterocycles. The van der Waals surface area contributed by atoms with Crippen molar-refractivity contribution in [3.8, 4) is 5.75 Å². The first-order valence-electron chi connectivity index (χ1n) is 10.2. The number of sulfonamides is 1. The second kappa shape index (κ2) is 9.09. The number of esters is 1. The number of nitrogen functional groups attached to an aromatic ring is 1. The van der Waals surface area contributed by atoms with Gasteiger partial charge in [0.1, 0.15) is 22.5 Å². The van der Waals surface area contributed by atoms with Gasteiger partial charge in [0.2, 0.25) is 10.0 Å². The molecule has 0 saturated carbocycles. The van der Waals surface area contributed by atoms with Gasteiger partial charge in [-0.1, -0.05) is 0 Å². The van der Waals surface area contributed by atoms with E-state index >= 15 is 0 Å². The number of rotatable bonds is 8. The molecule has 0 bridgehead atoms. The fraction of sp³-hybridized carbons (Fsp3) is 0.400. The van der Waals surface area contributed by atoms with Crippen LogP contribution in [0.5, 0.6) is 5.75 Å². The minimum Gasteiger partial charge on any atom is -0.495 e. The molecule has 0 amide bonds. The molecule has 2 N–H and O–H groups in total. The molecule has 0 spiro atoms. The van der Waals surface area contributed by atoms with Gasteiger partial charge in [-0.15, -0.1) is 0 Å². The number of carbonyl (C=O) groups excluding carboxylic acids is 1. The highest BCUT2D eigenvalue weighted by Crippen LogP contribution is 2.30. The van der Waals surface area contributed by atoms with Crippen molar-refractivity contribution in [2.75, 3.05) is 32.5 Å². The number of ether oxygens (including phenoxy) is 2. The highest BCUT2D eigenvalue weighted by atomic mass is 32.2. The Morgan fingerprint density at radius 2 is 1.97 bits per heavy atom. The zero-order valence-electron chi connectivity index (χ0n) is 17.6. The van der Waals surface area contributed by atoms with Crippen LogP contribution < -0.4 is 10.5 Å². The van der Waals surface area contributed by atoms with Crippen LogP contribution in [0.15, 0.2) is 35.7 Å². The molecule has 3 heterocycles. The van der Waals surface area contributed by atoms with Gasteiger partial charge >= 0.3 is 5.97 Å². The molecule has 1 saturated heterocycles. The molecule has 0 unspecified atom stereocenters. The second-order valence-corrected chi connectivity index (χ2v) is 9.24. The highest BCUT2D eigenvalue weighted by molar-refractivity contribution is 7.89. The van der Waals surface area contributed by atoms with E-state index in [4.69, 9.17) is 15.2 Å². The summed E-state index contributed by atoms with van der Waals surface area (Å²) < 4.78 is 39.7. The van der Waals surface area contributed by atoms with Crippen LogP contribution in [0, 0.1) is 0 Å². The number of nitrogens with two attached hydrogens (primary N) is 1. The predicted octanol–water partition coefficient (Wildman–Crippen LogP) is 1.45. The molecule has 170 valence electrons. The van der Waals surface area contributed by atoms with Gasteiger partial charge in [-0.05, 0) is 37.5 Å². The number of nitrogens with zero attached hydrogens (tertiary/aromatic N) is 5. The standard InChI is InChI=1S/C20H24N6O5S/c1-30-15-6-5-14(11-16(15)32(28,29)26-8-2-3-9-26)20(27)31-10-4-7-25-13-24-17-18(21)22-12-23-19(17)25/h5-6,11-13H,2-4,7-10H2,1H3,(H2,21,22,23). The molecule has 1 fully saturated rings. The van der Waals surface area contributed by atoms with Crippen molar-refractivity contribution in [1.29, 1.82) is 0 Å². The summed E-state index contributed by atoms with van der Waals surface area (Å²) >= 11 is 0. The van der Waals surface area contributed by atoms with Crippen molar-refractivity contribution < 1.29 is 22.7 Å². The van der Waals surface area contributed by atoms with E-state index in [1.807, 2.05) is 0 Å². The number of hydrogen-bond donors (Lipinski definition) is 1. The monoisotopic (exact) mass is 460 g/mol. The summed E-state index contributed by atoms with van der Waals surface area (Å²) in [7, 11) is -2.35. The Morgan fingerprint density at radius 3 is 2.72 bits per heavy atom. The molecule has 2 aromatic heterocycles. The summed E-state index contributed by atoms with van der Waals surface area (Å²) in [6.07, 6.45) is 5.11. The summed E-state index contributed by atoms with van der Waals surface area (Å²) in [5, 5.41) is 0. The number of benzene rings is 1. The molecule has 0 atom stereocenters. The molecule has 1 aromatic carbocycles. The first-order valence-corrected chi connectivity index (χ1v) is 11.6. The van der Waals surface area contributed by atoms with Crippen LogP contribution in [0.4, 0.5) is 5.82 Å². The number of methoxy groups -OCH3 is 1. The normalized spacial score (nSPS) is 14.7. The van der Waals surface area contributed by atoms with Crippen molar-refractivity contribution >= 4 is 33.0 Å². The first-order chi connectivity index (χ1) is 15.4. The Labute approximate surface area is 185 Å². The van der Waals surface area contributed by atoms with Crippen LogP contribution in [0.2, 0.25) is 0 Å². The van der Waals surface area contributed by atoms with Crippen LogP contribution in [0.3, 0.4) is 0 Å². The van der Waals surface area contributed by atoms with Gasteiger partial charge in [0, 0.05) is 19.6 Å². The molecule has 0 aliphatic carbocycles. The molecule has 0 radical (unpaired) electrons. The van der Waals surface area contributed by atoms with Crippen LogP contribution in [0.25, 0.3) is 11.2 Å². The Balaban J connectivity index is 1.41. The SMILES string of the molecule is COc1ccc(C(=O)OCCCn2cnc3c(N)ncnc32)cc1S(=O)(=O)N1CCCC1. The van der Waals surface area contributed by atoms with Crippen molar-refractivity contribution in [3.05, 3.63) is 36.4 Å². The largest absolute Gasteiger partial charge is 0.495 e. The van der Waals surface area contributed by atoms with Crippen LogP contribution in [0.1, 0.15) is 29.6 Å². The van der Waals surface area contributed by atoms with Crippen molar-refractivity contribution in [2.24, 2.45) is 0 Å². The van der Waals surface area contributed by atoms with E-state index in [9.17, 15) is 13.2 Å². The van der Waals surface area contributed by atoms with E-state index in [0.29, 0.717) is 43.0 Å². The maximum atomic E-state index is 13.0. The van der Waals surface area contributed by atoms with E-state index in [2.05, 4.69) is 15.0 Å². The van der Waals surface area contributed by atoms with E-state index in [-0.39, 0.29) is 22.8 Å². The Bertz CT molecular complexity index is 1240. The third kappa shape index (κ3) is 4.23. The number of anilines is 1. The van der Waals surface area contributed by atoms with Crippen LogP contribution in [-0.4, -0.2) is 65.0 Å². The van der Waals surface area contributed by atoms with Gasteiger partial charge in [-0.25, -0.2) is 28.2 Å². The van der Waals surface area contributed by atoms with Crippen molar-refractivity contribution in [3.63, 3.8) is 0 Å². The Hall–Kier alpha value is -3.25. The summed E-state index contributed by atoms with van der Waals surface area (Å²) in [6.45, 7) is 1.57. The van der Waals surface area contributed by atoms with Crippen molar-refractivity contribution in [1.82, 2.24) is 23.8 Å². The van der Waals surface area contributed by atoms with Gasteiger partial charge in [0.15, 0.2) is 11.5 Å². The van der Waals surface area contributed by atoms with Crippen LogP contribution >= 0.6 is 0 Å². The zero-order chi connectivity index (χ0) is 22.7. The molecule has 4 rings (SSSR count). The van der Waals surface area contributed by atoms with E-state index in [1.54, 1.807) is 10.9 Å². The Morgan fingerprint density at radius 1 is 1.19 bits per heavy atom. The molecule has 3 aromatic rings. The summed E-state index contributed by atoms with van der Waals surface area (Å²) in [4.78, 5) is 24.8. The van der Waals surface area contributed by atoms with E-state index in [0.717, 1.165) is 12.8 Å². The highest BCUT2D eigenvalue weighted by Gasteiger charge is 2.30. The van der Waals surface area contributed by atoms with Gasteiger partial charge in [-0.2, -0.15) is 4.31 Å². The van der Waals surface area contributed by atoms with Gasteiger partial charge in [-0.3, -0.25) is 0 Å². The molecule has 11 nitrogen and oxygen atoms in total. The Kier molecular flexibility index (Phi) is 6.24. The van der Waals surface area contributed by atoms with E-state index < -0.39 is 16.0 Å². The molecular weight excluding hydrogens is 436 g/mol. The fourth-order valence-electron chi connectivity index (χ4n) is 3.62. The second-order valence-electron chi connectivity index (χ2n) is 7.34. The van der Waals surface area contributed by atoms with Crippen molar-refractivity contribution in [2.45, 2.75) is 30.7 Å². The lowest BCUT2D eigenvalue weighted by molar-refractivity contribution is 0.0496. The number of aryl methyl sites for hydroxylation is 1. The third-order valence-electron chi connectivity index (χ3n) is 5.29. The average Bonchev–Trinajstić information content (AvgIpc) is 3.48. The molecule has 32 heavy (non-hydrogen) atoms. The zero-order valence-corrected chi connectivity index (χ0v) is 18.4. The fourth-order valence-corrected chi connectivity index (χ4v) is 5.32. The average molecular weight is 461 g/mol.